The van der Waals surface area contributed by atoms with Gasteiger partial charge in [-0.25, -0.2) is 29.9 Å². The van der Waals surface area contributed by atoms with Crippen molar-refractivity contribution in [3.8, 4) is 113 Å². The monoisotopic (exact) mass is 874 g/mol. The predicted molar refractivity (Wildman–Crippen MR) is 273 cm³/mol. The van der Waals surface area contributed by atoms with Gasteiger partial charge < -0.3 is 0 Å². The third-order valence-corrected chi connectivity index (χ3v) is 11.8. The van der Waals surface area contributed by atoms with Crippen LogP contribution in [0.3, 0.4) is 0 Å². The zero-order valence-electron chi connectivity index (χ0n) is 37.4. The molecule has 0 unspecified atom stereocenters. The zero-order chi connectivity index (χ0) is 45.8. The number of benzene rings is 7. The van der Waals surface area contributed by atoms with E-state index in [-0.39, 0.29) is 0 Å². The molecule has 8 nitrogen and oxygen atoms in total. The van der Waals surface area contributed by atoms with Crippen molar-refractivity contribution in [1.29, 1.82) is 0 Å². The van der Waals surface area contributed by atoms with Crippen LogP contribution in [0.5, 0.6) is 0 Å². The van der Waals surface area contributed by atoms with Gasteiger partial charge in [-0.05, 0) is 88.7 Å². The van der Waals surface area contributed by atoms with Crippen molar-refractivity contribution in [2.45, 2.75) is 13.8 Å². The van der Waals surface area contributed by atoms with Crippen LogP contribution in [0.2, 0.25) is 0 Å². The van der Waals surface area contributed by atoms with Gasteiger partial charge in [-0.3, -0.25) is 9.97 Å². The fourth-order valence-electron chi connectivity index (χ4n) is 8.61. The van der Waals surface area contributed by atoms with Gasteiger partial charge in [0.25, 0.3) is 0 Å². The van der Waals surface area contributed by atoms with Gasteiger partial charge in [-0.2, -0.15) is 0 Å². The third-order valence-electron chi connectivity index (χ3n) is 11.8. The summed E-state index contributed by atoms with van der Waals surface area (Å²) >= 11 is 0. The highest BCUT2D eigenvalue weighted by atomic mass is 15.0. The van der Waals surface area contributed by atoms with Crippen LogP contribution < -0.4 is 0 Å². The molecule has 0 N–H and O–H groups in total. The molecule has 0 aliphatic carbocycles. The maximum absolute atomic E-state index is 5.14. The van der Waals surface area contributed by atoms with Crippen molar-refractivity contribution in [3.63, 3.8) is 0 Å². The van der Waals surface area contributed by atoms with E-state index in [0.29, 0.717) is 34.9 Å². The van der Waals surface area contributed by atoms with E-state index in [1.165, 1.54) is 0 Å². The minimum absolute atomic E-state index is 0.579. The first-order chi connectivity index (χ1) is 33.5. The summed E-state index contributed by atoms with van der Waals surface area (Å²) in [4.78, 5) is 39.4. The van der Waals surface area contributed by atoms with Crippen molar-refractivity contribution in [2.24, 2.45) is 0 Å². The van der Waals surface area contributed by atoms with Crippen LogP contribution >= 0.6 is 0 Å². The molecule has 11 rings (SSSR count). The van der Waals surface area contributed by atoms with E-state index in [1.807, 2.05) is 117 Å². The molecule has 0 spiro atoms. The lowest BCUT2D eigenvalue weighted by Crippen LogP contribution is -2.00. The number of aryl methyl sites for hydroxylation is 2. The van der Waals surface area contributed by atoms with Crippen LogP contribution in [-0.2, 0) is 0 Å². The Morgan fingerprint density at radius 2 is 0.603 bits per heavy atom. The Kier molecular flexibility index (Phi) is 11.2. The Morgan fingerprint density at radius 3 is 1.03 bits per heavy atom. The van der Waals surface area contributed by atoms with Gasteiger partial charge in [0.05, 0.1) is 0 Å². The van der Waals surface area contributed by atoms with Gasteiger partial charge >= 0.3 is 0 Å². The van der Waals surface area contributed by atoms with Crippen molar-refractivity contribution in [3.05, 3.63) is 230 Å². The van der Waals surface area contributed by atoms with Crippen LogP contribution in [0.15, 0.2) is 219 Å². The van der Waals surface area contributed by atoms with Gasteiger partial charge in [0.15, 0.2) is 34.9 Å². The van der Waals surface area contributed by atoms with E-state index in [2.05, 4.69) is 114 Å². The summed E-state index contributed by atoms with van der Waals surface area (Å²) in [7, 11) is 0. The molecular weight excluding hydrogens is 833 g/mol. The van der Waals surface area contributed by atoms with Crippen LogP contribution in [0.25, 0.3) is 113 Å². The third kappa shape index (κ3) is 8.69. The molecule has 8 heteroatoms. The Bertz CT molecular complexity index is 3490. The molecule has 0 radical (unpaired) electrons. The molecule has 322 valence electrons. The average Bonchev–Trinajstić information content (AvgIpc) is 3.41. The SMILES string of the molecule is Cc1cc(-c2c(-c3cccc(-c4nc(-c5ccccc5)nc(-c5ccccc5)n4)c3)cccc2-c2cccc(-c3nc(-c4ccccc4)nc(-c4ccc(-c5cccnc5)cc4)n3)c2)cc(C)n1. The summed E-state index contributed by atoms with van der Waals surface area (Å²) in [6, 6.07) is 70.3. The Labute approximate surface area is 394 Å². The predicted octanol–water partition coefficient (Wildman–Crippen LogP) is 14.1. The van der Waals surface area contributed by atoms with E-state index in [0.717, 1.165) is 89.3 Å². The lowest BCUT2D eigenvalue weighted by atomic mass is 9.86. The van der Waals surface area contributed by atoms with Crippen LogP contribution in [-0.4, -0.2) is 39.9 Å². The molecule has 0 saturated carbocycles. The van der Waals surface area contributed by atoms with Gasteiger partial charge in [0.1, 0.15) is 0 Å². The molecule has 0 fully saturated rings. The highest BCUT2D eigenvalue weighted by Crippen LogP contribution is 2.42. The standard InChI is InChI=1S/C60H42N8/c1-39-34-51(35-40(2)62-39)54-52(46-22-12-24-48(36-46)59-65-55(42-16-6-3-7-17-42)63-56(66-59)43-18-8-4-9-19-43)27-14-28-53(54)47-23-13-25-49(37-47)60-67-57(44-20-10-5-11-21-44)64-58(68-60)45-31-29-41(30-32-45)50-26-15-33-61-38-50/h3-38H,1-2H3. The second kappa shape index (κ2) is 18.4. The fraction of sp³-hybridized carbons (Fsp3) is 0.0333. The van der Waals surface area contributed by atoms with Crippen LogP contribution in [0.1, 0.15) is 11.4 Å². The normalized spacial score (nSPS) is 11.1. The second-order valence-corrected chi connectivity index (χ2v) is 16.6. The molecule has 0 amide bonds. The minimum atomic E-state index is 0.579. The summed E-state index contributed by atoms with van der Waals surface area (Å²) < 4.78 is 0. The summed E-state index contributed by atoms with van der Waals surface area (Å²) in [5.74, 6) is 3.59. The van der Waals surface area contributed by atoms with E-state index < -0.39 is 0 Å². The smallest absolute Gasteiger partial charge is 0.164 e. The first-order valence-corrected chi connectivity index (χ1v) is 22.5. The maximum atomic E-state index is 5.14. The highest BCUT2D eigenvalue weighted by Gasteiger charge is 2.19. The van der Waals surface area contributed by atoms with Crippen molar-refractivity contribution in [2.75, 3.05) is 0 Å². The molecule has 0 aliphatic rings. The molecule has 0 bridgehead atoms. The van der Waals surface area contributed by atoms with E-state index in [1.54, 1.807) is 6.20 Å². The lowest BCUT2D eigenvalue weighted by Gasteiger charge is -2.18. The first kappa shape index (κ1) is 41.6. The van der Waals surface area contributed by atoms with Gasteiger partial charge in [0.2, 0.25) is 0 Å². The minimum Gasteiger partial charge on any atom is -0.264 e. The van der Waals surface area contributed by atoms with Crippen molar-refractivity contribution in [1.82, 2.24) is 39.9 Å². The number of aromatic nitrogens is 8. The summed E-state index contributed by atoms with van der Waals surface area (Å²) in [5.41, 5.74) is 15.7. The number of nitrogens with zero attached hydrogens (tertiary/aromatic N) is 8. The molecule has 7 aromatic carbocycles. The lowest BCUT2D eigenvalue weighted by molar-refractivity contribution is 1.07. The highest BCUT2D eigenvalue weighted by molar-refractivity contribution is 5.96. The molecule has 4 aromatic heterocycles. The summed E-state index contributed by atoms with van der Waals surface area (Å²) in [6.07, 6.45) is 3.65. The molecule has 0 aliphatic heterocycles. The zero-order valence-corrected chi connectivity index (χ0v) is 37.4. The summed E-state index contributed by atoms with van der Waals surface area (Å²) in [5, 5.41) is 0. The van der Waals surface area contributed by atoms with E-state index in [4.69, 9.17) is 34.9 Å². The Morgan fingerprint density at radius 1 is 0.250 bits per heavy atom. The van der Waals surface area contributed by atoms with Gasteiger partial charge in [-0.15, -0.1) is 0 Å². The number of hydrogen-bond acceptors (Lipinski definition) is 8. The van der Waals surface area contributed by atoms with Crippen LogP contribution in [0, 0.1) is 13.8 Å². The quantitative estimate of drug-likeness (QED) is 0.134. The van der Waals surface area contributed by atoms with E-state index in [9.17, 15) is 0 Å². The number of hydrogen-bond donors (Lipinski definition) is 0. The number of pyridine rings is 2. The average molecular weight is 875 g/mol. The van der Waals surface area contributed by atoms with Crippen molar-refractivity contribution < 1.29 is 0 Å². The molecule has 0 saturated heterocycles. The van der Waals surface area contributed by atoms with Gasteiger partial charge in [-0.1, -0.05) is 176 Å². The molecule has 0 atom stereocenters. The number of rotatable bonds is 10. The topological polar surface area (TPSA) is 103 Å². The van der Waals surface area contributed by atoms with E-state index >= 15 is 0 Å². The fourth-order valence-corrected chi connectivity index (χ4v) is 8.61. The first-order valence-electron chi connectivity index (χ1n) is 22.5. The Balaban J connectivity index is 1.04. The molecule has 11 aromatic rings. The molecular formula is C60H42N8. The molecule has 68 heavy (non-hydrogen) atoms. The molecule has 4 heterocycles. The second-order valence-electron chi connectivity index (χ2n) is 16.6. The maximum Gasteiger partial charge on any atom is 0.164 e. The van der Waals surface area contributed by atoms with Crippen LogP contribution in [0.4, 0.5) is 0 Å². The van der Waals surface area contributed by atoms with Crippen molar-refractivity contribution >= 4 is 0 Å². The van der Waals surface area contributed by atoms with Gasteiger partial charge in [0, 0.05) is 57.2 Å². The Hall–Kier alpha value is -9.14. The summed E-state index contributed by atoms with van der Waals surface area (Å²) in [6.45, 7) is 4.09. The largest absolute Gasteiger partial charge is 0.264 e.